The van der Waals surface area contributed by atoms with Gasteiger partial charge in [-0.2, -0.15) is 0 Å². The Kier molecular flexibility index (Phi) is 4.95. The summed E-state index contributed by atoms with van der Waals surface area (Å²) in [6.07, 6.45) is 4.70. The summed E-state index contributed by atoms with van der Waals surface area (Å²) in [5.74, 6) is 1.83. The van der Waals surface area contributed by atoms with Crippen molar-refractivity contribution in [2.75, 3.05) is 58.0 Å². The first-order valence-electron chi connectivity index (χ1n) is 9.31. The molecule has 3 saturated heterocycles. The first-order valence-corrected chi connectivity index (χ1v) is 9.31. The van der Waals surface area contributed by atoms with Crippen LogP contribution < -0.4 is 9.64 Å². The van der Waals surface area contributed by atoms with Gasteiger partial charge in [-0.25, -0.2) is 9.97 Å². The second-order valence-corrected chi connectivity index (χ2v) is 7.28. The van der Waals surface area contributed by atoms with Gasteiger partial charge in [-0.15, -0.1) is 0 Å². The van der Waals surface area contributed by atoms with Crippen molar-refractivity contribution in [2.24, 2.45) is 5.92 Å². The van der Waals surface area contributed by atoms with Crippen molar-refractivity contribution in [3.05, 3.63) is 12.4 Å². The summed E-state index contributed by atoms with van der Waals surface area (Å²) < 4.78 is 17.0. The van der Waals surface area contributed by atoms with Gasteiger partial charge in [0.25, 0.3) is 0 Å². The van der Waals surface area contributed by atoms with E-state index in [0.717, 1.165) is 57.9 Å². The number of rotatable bonds is 6. The number of carbonyl (C=O) groups excluding carboxylic acids is 1. The number of hydrogen-bond acceptors (Lipinski definition) is 7. The standard InChI is InChI=1S/C18H26N4O4/c1-24-16-8-15(19-13-20-16)22-11-18(12-22)14(4-7-26-18)9-25-10-17(23)21-5-2-3-6-21/h8,13-14H,2-7,9-12H2,1H3/t14-/m1/s1. The maximum Gasteiger partial charge on any atom is 0.248 e. The van der Waals surface area contributed by atoms with E-state index < -0.39 is 0 Å². The average Bonchev–Trinajstić information content (AvgIpc) is 3.30. The topological polar surface area (TPSA) is 77.0 Å². The third kappa shape index (κ3) is 3.35. The number of hydrogen-bond donors (Lipinski definition) is 0. The van der Waals surface area contributed by atoms with Crippen molar-refractivity contribution in [3.8, 4) is 5.88 Å². The molecule has 1 spiro atoms. The van der Waals surface area contributed by atoms with Gasteiger partial charge in [-0.1, -0.05) is 0 Å². The van der Waals surface area contributed by atoms with E-state index in [-0.39, 0.29) is 18.1 Å². The summed E-state index contributed by atoms with van der Waals surface area (Å²) >= 11 is 0. The van der Waals surface area contributed by atoms with E-state index in [1.165, 1.54) is 6.33 Å². The summed E-state index contributed by atoms with van der Waals surface area (Å²) in [6.45, 7) is 4.80. The van der Waals surface area contributed by atoms with Crippen LogP contribution >= 0.6 is 0 Å². The summed E-state index contributed by atoms with van der Waals surface area (Å²) in [5.41, 5.74) is -0.186. The molecule has 4 heterocycles. The number of aromatic nitrogens is 2. The van der Waals surface area contributed by atoms with Crippen LogP contribution in [0, 0.1) is 5.92 Å². The third-order valence-corrected chi connectivity index (χ3v) is 5.68. The molecule has 0 saturated carbocycles. The quantitative estimate of drug-likeness (QED) is 0.738. The van der Waals surface area contributed by atoms with Crippen LogP contribution in [0.25, 0.3) is 0 Å². The number of methoxy groups -OCH3 is 1. The van der Waals surface area contributed by atoms with Crippen molar-refractivity contribution in [1.82, 2.24) is 14.9 Å². The number of ether oxygens (including phenoxy) is 3. The normalized spacial score (nSPS) is 24.1. The molecule has 0 N–H and O–H groups in total. The third-order valence-electron chi connectivity index (χ3n) is 5.68. The van der Waals surface area contributed by atoms with E-state index in [2.05, 4.69) is 14.9 Å². The SMILES string of the molecule is COc1cc(N2CC3(C2)OCC[C@@H]3COCC(=O)N2CCCC2)ncn1. The molecule has 1 amide bonds. The Morgan fingerprint density at radius 3 is 2.92 bits per heavy atom. The van der Waals surface area contributed by atoms with E-state index >= 15 is 0 Å². The van der Waals surface area contributed by atoms with Crippen molar-refractivity contribution in [1.29, 1.82) is 0 Å². The lowest BCUT2D eigenvalue weighted by atomic mass is 9.81. The van der Waals surface area contributed by atoms with Gasteiger partial charge in [0.05, 0.1) is 26.8 Å². The Balaban J connectivity index is 1.28. The molecule has 0 unspecified atom stereocenters. The number of nitrogens with zero attached hydrogens (tertiary/aromatic N) is 4. The predicted octanol–water partition coefficient (Wildman–Crippen LogP) is 0.720. The monoisotopic (exact) mass is 362 g/mol. The molecule has 3 aliphatic rings. The average molecular weight is 362 g/mol. The van der Waals surface area contributed by atoms with Crippen LogP contribution in [0.4, 0.5) is 5.82 Å². The van der Waals surface area contributed by atoms with E-state index in [1.807, 2.05) is 11.0 Å². The second-order valence-electron chi connectivity index (χ2n) is 7.28. The van der Waals surface area contributed by atoms with Gasteiger partial charge in [0, 0.05) is 31.7 Å². The van der Waals surface area contributed by atoms with Crippen molar-refractivity contribution in [3.63, 3.8) is 0 Å². The maximum atomic E-state index is 12.1. The van der Waals surface area contributed by atoms with Gasteiger partial charge in [-0.05, 0) is 19.3 Å². The second kappa shape index (κ2) is 7.36. The molecule has 1 aromatic heterocycles. The summed E-state index contributed by atoms with van der Waals surface area (Å²) in [5, 5.41) is 0. The zero-order chi connectivity index (χ0) is 18.0. The molecule has 8 heteroatoms. The molecule has 1 atom stereocenters. The largest absolute Gasteiger partial charge is 0.481 e. The van der Waals surface area contributed by atoms with Crippen molar-refractivity contribution >= 4 is 11.7 Å². The predicted molar refractivity (Wildman–Crippen MR) is 94.2 cm³/mol. The van der Waals surface area contributed by atoms with Crippen LogP contribution in [0.5, 0.6) is 5.88 Å². The smallest absolute Gasteiger partial charge is 0.248 e. The van der Waals surface area contributed by atoms with Gasteiger partial charge < -0.3 is 24.0 Å². The Morgan fingerprint density at radius 2 is 2.15 bits per heavy atom. The first-order chi connectivity index (χ1) is 12.7. The van der Waals surface area contributed by atoms with Crippen molar-refractivity contribution < 1.29 is 19.0 Å². The zero-order valence-corrected chi connectivity index (χ0v) is 15.2. The van der Waals surface area contributed by atoms with Crippen LogP contribution in [0.1, 0.15) is 19.3 Å². The molecule has 142 valence electrons. The Hall–Kier alpha value is -1.93. The molecule has 4 rings (SSSR count). The number of anilines is 1. The van der Waals surface area contributed by atoms with Crippen LogP contribution in [-0.4, -0.2) is 79.5 Å². The van der Waals surface area contributed by atoms with Crippen LogP contribution in [0.15, 0.2) is 12.4 Å². The van der Waals surface area contributed by atoms with E-state index in [4.69, 9.17) is 14.2 Å². The molecule has 3 fully saturated rings. The lowest BCUT2D eigenvalue weighted by Crippen LogP contribution is -2.65. The highest BCUT2D eigenvalue weighted by molar-refractivity contribution is 5.77. The lowest BCUT2D eigenvalue weighted by Gasteiger charge is -2.50. The fourth-order valence-corrected chi connectivity index (χ4v) is 4.09. The molecule has 1 aromatic rings. The maximum absolute atomic E-state index is 12.1. The molecule has 26 heavy (non-hydrogen) atoms. The van der Waals surface area contributed by atoms with Crippen LogP contribution in [0.2, 0.25) is 0 Å². The van der Waals surface area contributed by atoms with Gasteiger partial charge >= 0.3 is 0 Å². The minimum absolute atomic E-state index is 0.110. The highest BCUT2D eigenvalue weighted by Crippen LogP contribution is 2.41. The molecule has 0 aliphatic carbocycles. The highest BCUT2D eigenvalue weighted by Gasteiger charge is 2.53. The Bertz CT molecular complexity index is 644. The van der Waals surface area contributed by atoms with E-state index in [0.29, 0.717) is 18.4 Å². The molecular weight excluding hydrogens is 336 g/mol. The Labute approximate surface area is 153 Å². The van der Waals surface area contributed by atoms with Gasteiger partial charge in [0.2, 0.25) is 11.8 Å². The van der Waals surface area contributed by atoms with Crippen LogP contribution in [0.3, 0.4) is 0 Å². The fraction of sp³-hybridized carbons (Fsp3) is 0.722. The molecule has 0 radical (unpaired) electrons. The van der Waals surface area contributed by atoms with E-state index in [1.54, 1.807) is 7.11 Å². The highest BCUT2D eigenvalue weighted by atomic mass is 16.5. The molecule has 0 aromatic carbocycles. The summed E-state index contributed by atoms with van der Waals surface area (Å²) in [6, 6.07) is 1.84. The zero-order valence-electron chi connectivity index (χ0n) is 15.2. The molecular formula is C18H26N4O4. The van der Waals surface area contributed by atoms with Gasteiger partial charge in [0.15, 0.2) is 0 Å². The van der Waals surface area contributed by atoms with Crippen molar-refractivity contribution in [2.45, 2.75) is 24.9 Å². The number of likely N-dealkylation sites (tertiary alicyclic amines) is 1. The van der Waals surface area contributed by atoms with Gasteiger partial charge in [-0.3, -0.25) is 4.79 Å². The molecule has 8 nitrogen and oxygen atoms in total. The molecule has 3 aliphatic heterocycles. The fourth-order valence-electron chi connectivity index (χ4n) is 4.09. The summed E-state index contributed by atoms with van der Waals surface area (Å²) in [7, 11) is 1.60. The van der Waals surface area contributed by atoms with E-state index in [9.17, 15) is 4.79 Å². The minimum atomic E-state index is -0.186. The molecule has 0 bridgehead atoms. The number of amides is 1. The summed E-state index contributed by atoms with van der Waals surface area (Å²) in [4.78, 5) is 24.5. The Morgan fingerprint density at radius 1 is 1.35 bits per heavy atom. The first kappa shape index (κ1) is 17.5. The minimum Gasteiger partial charge on any atom is -0.481 e. The van der Waals surface area contributed by atoms with Gasteiger partial charge in [0.1, 0.15) is 24.4 Å². The van der Waals surface area contributed by atoms with Crippen LogP contribution in [-0.2, 0) is 14.3 Å². The lowest BCUT2D eigenvalue weighted by molar-refractivity contribution is -0.136. The number of carbonyl (C=O) groups is 1.